The molecule has 0 unspecified atom stereocenters. The first-order valence-corrected chi connectivity index (χ1v) is 3.35. The van der Waals surface area contributed by atoms with Gasteiger partial charge >= 0.3 is 0 Å². The number of hydrogen-bond acceptors (Lipinski definition) is 2. The Hall–Kier alpha value is -1.82. The lowest BCUT2D eigenvalue weighted by molar-refractivity contribution is 0.627. The lowest BCUT2D eigenvalue weighted by Gasteiger charge is -1.97. The molecule has 2 nitrogen and oxygen atoms in total. The monoisotopic (exact) mass is 162 g/mol. The Kier molecular flexibility index (Phi) is 2.44. The minimum atomic E-state index is -0.316. The fourth-order valence-corrected chi connectivity index (χ4v) is 0.795. The molecule has 0 aliphatic heterocycles. The number of halogens is 1. The highest BCUT2D eigenvalue weighted by molar-refractivity contribution is 5.64. The summed E-state index contributed by atoms with van der Waals surface area (Å²) in [5.74, 6) is -0.316. The molecule has 0 heterocycles. The number of nitrogens with zero attached hydrogens (tertiary/aromatic N) is 1. The lowest BCUT2D eigenvalue weighted by Crippen LogP contribution is -1.95. The van der Waals surface area contributed by atoms with Gasteiger partial charge in [0.05, 0.1) is 6.07 Å². The lowest BCUT2D eigenvalue weighted by atomic mass is 10.1. The number of nitrogens with two attached hydrogens (primary N) is 1. The van der Waals surface area contributed by atoms with Gasteiger partial charge in [0, 0.05) is 11.8 Å². The molecule has 0 fully saturated rings. The highest BCUT2D eigenvalue weighted by Gasteiger charge is 1.95. The molecule has 1 aromatic carbocycles. The van der Waals surface area contributed by atoms with E-state index < -0.39 is 0 Å². The van der Waals surface area contributed by atoms with Gasteiger partial charge in [-0.1, -0.05) is 0 Å². The van der Waals surface area contributed by atoms with Crippen molar-refractivity contribution in [3.63, 3.8) is 0 Å². The molecule has 0 aliphatic carbocycles. The smallest absolute Gasteiger partial charge is 0.123 e. The zero-order valence-corrected chi connectivity index (χ0v) is 6.29. The van der Waals surface area contributed by atoms with Crippen LogP contribution >= 0.6 is 0 Å². The van der Waals surface area contributed by atoms with Crippen LogP contribution in [0, 0.1) is 17.1 Å². The molecule has 0 aliphatic rings. The van der Waals surface area contributed by atoms with Gasteiger partial charge in [0.2, 0.25) is 0 Å². The van der Waals surface area contributed by atoms with E-state index in [1.165, 1.54) is 30.3 Å². The summed E-state index contributed by atoms with van der Waals surface area (Å²) in [5.41, 5.74) is 6.47. The molecule has 0 bridgehead atoms. The molecule has 0 saturated heterocycles. The zero-order chi connectivity index (χ0) is 8.97. The van der Waals surface area contributed by atoms with Gasteiger partial charge < -0.3 is 5.73 Å². The summed E-state index contributed by atoms with van der Waals surface area (Å²) < 4.78 is 12.4. The zero-order valence-electron chi connectivity index (χ0n) is 6.29. The van der Waals surface area contributed by atoms with Gasteiger partial charge in [-0.3, -0.25) is 0 Å². The topological polar surface area (TPSA) is 49.8 Å². The molecule has 2 N–H and O–H groups in total. The third-order valence-electron chi connectivity index (χ3n) is 1.40. The molecule has 1 rings (SSSR count). The van der Waals surface area contributed by atoms with Gasteiger partial charge in [-0.2, -0.15) is 5.26 Å². The summed E-state index contributed by atoms with van der Waals surface area (Å²) in [4.78, 5) is 0. The Morgan fingerprint density at radius 1 is 1.42 bits per heavy atom. The first kappa shape index (κ1) is 8.28. The highest BCUT2D eigenvalue weighted by atomic mass is 19.1. The van der Waals surface area contributed by atoms with E-state index in [1.54, 1.807) is 6.07 Å². The normalized spacial score (nSPS) is 10.8. The molecule has 0 saturated carbocycles. The summed E-state index contributed by atoms with van der Waals surface area (Å²) in [5, 5.41) is 8.27. The number of hydrogen-bond donors (Lipinski definition) is 1. The van der Waals surface area contributed by atoms with Crippen LogP contribution in [0.1, 0.15) is 5.56 Å². The molecule has 1 aromatic rings. The summed E-state index contributed by atoms with van der Waals surface area (Å²) in [7, 11) is 0. The molecule has 60 valence electrons. The van der Waals surface area contributed by atoms with Crippen LogP contribution in [0.3, 0.4) is 0 Å². The van der Waals surface area contributed by atoms with E-state index in [4.69, 9.17) is 11.0 Å². The molecule has 0 aromatic heterocycles. The Labute approximate surface area is 69.7 Å². The van der Waals surface area contributed by atoms with Crippen LogP contribution < -0.4 is 5.73 Å². The minimum absolute atomic E-state index is 0.316. The Balaban J connectivity index is 2.99. The number of benzene rings is 1. The van der Waals surface area contributed by atoms with Gasteiger partial charge in [0.1, 0.15) is 5.82 Å². The fourth-order valence-electron chi connectivity index (χ4n) is 0.795. The maximum atomic E-state index is 12.4. The van der Waals surface area contributed by atoms with Crippen LogP contribution in [-0.2, 0) is 0 Å². The van der Waals surface area contributed by atoms with E-state index in [0.717, 1.165) is 0 Å². The Bertz CT molecular complexity index is 333. The summed E-state index contributed by atoms with van der Waals surface area (Å²) in [6.45, 7) is 0. The van der Waals surface area contributed by atoms with Crippen molar-refractivity contribution >= 4 is 5.70 Å². The van der Waals surface area contributed by atoms with E-state index in [0.29, 0.717) is 11.3 Å². The van der Waals surface area contributed by atoms with E-state index in [2.05, 4.69) is 0 Å². The second kappa shape index (κ2) is 3.54. The highest BCUT2D eigenvalue weighted by Crippen LogP contribution is 2.08. The first-order chi connectivity index (χ1) is 5.74. The largest absolute Gasteiger partial charge is 0.398 e. The van der Waals surface area contributed by atoms with Gasteiger partial charge in [-0.15, -0.1) is 0 Å². The van der Waals surface area contributed by atoms with Gasteiger partial charge in [-0.25, -0.2) is 4.39 Å². The second-order valence-electron chi connectivity index (χ2n) is 2.24. The summed E-state index contributed by atoms with van der Waals surface area (Å²) >= 11 is 0. The Morgan fingerprint density at radius 3 is 2.50 bits per heavy atom. The van der Waals surface area contributed by atoms with Crippen molar-refractivity contribution in [2.45, 2.75) is 0 Å². The van der Waals surface area contributed by atoms with Crippen LogP contribution in [0.4, 0.5) is 4.39 Å². The average molecular weight is 162 g/mol. The third kappa shape index (κ3) is 1.83. The van der Waals surface area contributed by atoms with Gasteiger partial charge in [0.25, 0.3) is 0 Å². The number of allylic oxidation sites excluding steroid dienone is 1. The quantitative estimate of drug-likeness (QED) is 0.638. The average Bonchev–Trinajstić information content (AvgIpc) is 2.06. The molecule has 12 heavy (non-hydrogen) atoms. The van der Waals surface area contributed by atoms with Gasteiger partial charge in [-0.05, 0) is 29.8 Å². The summed E-state index contributed by atoms with van der Waals surface area (Å²) in [6, 6.07) is 7.45. The third-order valence-corrected chi connectivity index (χ3v) is 1.40. The molecule has 0 radical (unpaired) electrons. The molecule has 3 heteroatoms. The van der Waals surface area contributed by atoms with Crippen LogP contribution in [0.25, 0.3) is 5.70 Å². The van der Waals surface area contributed by atoms with Crippen molar-refractivity contribution in [1.29, 1.82) is 5.26 Å². The molecule has 0 spiro atoms. The molecular formula is C9H7FN2. The fraction of sp³-hybridized carbons (Fsp3) is 0. The standard InChI is InChI=1S/C9H7FN2/c10-8-3-1-7(2-4-8)9(12)5-6-11/h1-5H,12H2/b9-5+. The number of nitriles is 1. The number of rotatable bonds is 1. The van der Waals surface area contributed by atoms with Crippen LogP contribution in [0.5, 0.6) is 0 Å². The van der Waals surface area contributed by atoms with Crippen molar-refractivity contribution in [3.05, 3.63) is 41.7 Å². The van der Waals surface area contributed by atoms with E-state index in [-0.39, 0.29) is 5.82 Å². The van der Waals surface area contributed by atoms with Crippen LogP contribution in [-0.4, -0.2) is 0 Å². The predicted octanol–water partition coefficient (Wildman–Crippen LogP) is 1.65. The molecule has 0 atom stereocenters. The van der Waals surface area contributed by atoms with Crippen molar-refractivity contribution in [2.75, 3.05) is 0 Å². The maximum absolute atomic E-state index is 12.4. The van der Waals surface area contributed by atoms with E-state index in [1.807, 2.05) is 0 Å². The van der Waals surface area contributed by atoms with Crippen molar-refractivity contribution in [3.8, 4) is 6.07 Å². The SMILES string of the molecule is N#C/C=C(/N)c1ccc(F)cc1. The van der Waals surface area contributed by atoms with E-state index >= 15 is 0 Å². The van der Waals surface area contributed by atoms with Crippen LogP contribution in [0.2, 0.25) is 0 Å². The summed E-state index contributed by atoms with van der Waals surface area (Å²) in [6.07, 6.45) is 1.22. The van der Waals surface area contributed by atoms with Crippen molar-refractivity contribution in [2.24, 2.45) is 5.73 Å². The predicted molar refractivity (Wildman–Crippen MR) is 44.2 cm³/mol. The van der Waals surface area contributed by atoms with Crippen LogP contribution in [0.15, 0.2) is 30.3 Å². The van der Waals surface area contributed by atoms with Gasteiger partial charge in [0.15, 0.2) is 0 Å². The second-order valence-corrected chi connectivity index (χ2v) is 2.24. The van der Waals surface area contributed by atoms with E-state index in [9.17, 15) is 4.39 Å². The molecule has 0 amide bonds. The minimum Gasteiger partial charge on any atom is -0.398 e. The van der Waals surface area contributed by atoms with Crippen molar-refractivity contribution in [1.82, 2.24) is 0 Å². The first-order valence-electron chi connectivity index (χ1n) is 3.35. The molecular weight excluding hydrogens is 155 g/mol. The van der Waals surface area contributed by atoms with Crippen molar-refractivity contribution < 1.29 is 4.39 Å². The Morgan fingerprint density at radius 2 is 2.00 bits per heavy atom. The maximum Gasteiger partial charge on any atom is 0.123 e.